The molecular weight excluding hydrogens is 296 g/mol. The van der Waals surface area contributed by atoms with E-state index >= 15 is 0 Å². The van der Waals surface area contributed by atoms with Gasteiger partial charge in [-0.25, -0.2) is 4.79 Å². The van der Waals surface area contributed by atoms with Gasteiger partial charge in [0, 0.05) is 18.1 Å². The molecule has 2 rings (SSSR count). The maximum atomic E-state index is 11.8. The second kappa shape index (κ2) is 7.51. The number of nitrogens with one attached hydrogen (secondary N) is 2. The molecule has 0 spiro atoms. The molecule has 0 unspecified atom stereocenters. The van der Waals surface area contributed by atoms with Gasteiger partial charge in [0.2, 0.25) is 0 Å². The van der Waals surface area contributed by atoms with Gasteiger partial charge in [-0.2, -0.15) is 0 Å². The molecule has 0 bridgehead atoms. The van der Waals surface area contributed by atoms with Crippen molar-refractivity contribution in [1.29, 1.82) is 0 Å². The van der Waals surface area contributed by atoms with Crippen LogP contribution in [0, 0.1) is 5.92 Å². The normalized spacial score (nSPS) is 31.0. The molecule has 2 aliphatic carbocycles. The number of hydrogen-bond donors (Lipinski definition) is 2. The molecule has 2 fully saturated rings. The fourth-order valence-corrected chi connectivity index (χ4v) is 3.33. The van der Waals surface area contributed by atoms with Crippen molar-refractivity contribution in [2.45, 2.75) is 83.0 Å². The van der Waals surface area contributed by atoms with E-state index in [2.05, 4.69) is 10.6 Å². The maximum absolute atomic E-state index is 11.8. The first-order chi connectivity index (χ1) is 10.8. The summed E-state index contributed by atoms with van der Waals surface area (Å²) in [5.74, 6) is -0.0176. The molecule has 132 valence electrons. The third-order valence-electron chi connectivity index (χ3n) is 4.59. The van der Waals surface area contributed by atoms with Crippen molar-refractivity contribution in [3.63, 3.8) is 0 Å². The van der Waals surface area contributed by atoms with Gasteiger partial charge in [0.25, 0.3) is 0 Å². The van der Waals surface area contributed by atoms with Gasteiger partial charge in [-0.1, -0.05) is 0 Å². The van der Waals surface area contributed by atoms with Crippen molar-refractivity contribution in [1.82, 2.24) is 10.6 Å². The summed E-state index contributed by atoms with van der Waals surface area (Å²) >= 11 is 0. The summed E-state index contributed by atoms with van der Waals surface area (Å²) in [6, 6.07) is 1.11. The molecule has 0 aromatic heterocycles. The Kier molecular flexibility index (Phi) is 5.89. The highest BCUT2D eigenvalue weighted by Crippen LogP contribution is 2.30. The Morgan fingerprint density at radius 2 is 1.52 bits per heavy atom. The number of carbonyl (C=O) groups excluding carboxylic acids is 2. The number of rotatable bonds is 4. The molecule has 0 radical (unpaired) electrons. The lowest BCUT2D eigenvalue weighted by Gasteiger charge is -2.39. The van der Waals surface area contributed by atoms with Gasteiger partial charge >= 0.3 is 12.1 Å². The van der Waals surface area contributed by atoms with Gasteiger partial charge in [-0.3, -0.25) is 4.79 Å². The van der Waals surface area contributed by atoms with Crippen LogP contribution in [0.25, 0.3) is 0 Å². The van der Waals surface area contributed by atoms with Crippen LogP contribution in [0.1, 0.15) is 59.3 Å². The maximum Gasteiger partial charge on any atom is 0.407 e. The van der Waals surface area contributed by atoms with Gasteiger partial charge in [0.05, 0.1) is 13.0 Å². The van der Waals surface area contributed by atoms with Gasteiger partial charge in [0.1, 0.15) is 5.60 Å². The van der Waals surface area contributed by atoms with Crippen molar-refractivity contribution in [3.05, 3.63) is 0 Å². The topological polar surface area (TPSA) is 76.7 Å². The summed E-state index contributed by atoms with van der Waals surface area (Å²) in [5.41, 5.74) is -0.455. The summed E-state index contributed by atoms with van der Waals surface area (Å²) in [5, 5.41) is 6.58. The number of amides is 1. The zero-order chi connectivity index (χ0) is 17.0. The Morgan fingerprint density at radius 1 is 0.957 bits per heavy atom. The van der Waals surface area contributed by atoms with Crippen LogP contribution in [-0.4, -0.2) is 42.9 Å². The Bertz CT molecular complexity index is 419. The number of ether oxygens (including phenoxy) is 2. The Labute approximate surface area is 138 Å². The van der Waals surface area contributed by atoms with E-state index in [0.29, 0.717) is 12.1 Å². The van der Waals surface area contributed by atoms with Gasteiger partial charge < -0.3 is 20.1 Å². The molecule has 2 saturated carbocycles. The number of alkyl carbamates (subject to hydrolysis) is 1. The van der Waals surface area contributed by atoms with Crippen LogP contribution in [0.2, 0.25) is 0 Å². The number of carbonyl (C=O) groups is 2. The third kappa shape index (κ3) is 5.68. The van der Waals surface area contributed by atoms with E-state index in [0.717, 1.165) is 38.5 Å². The molecule has 2 aliphatic rings. The van der Waals surface area contributed by atoms with Crippen molar-refractivity contribution in [3.8, 4) is 0 Å². The monoisotopic (exact) mass is 326 g/mol. The predicted molar refractivity (Wildman–Crippen MR) is 87.1 cm³/mol. The highest BCUT2D eigenvalue weighted by atomic mass is 16.6. The summed E-state index contributed by atoms with van der Waals surface area (Å²) in [6.45, 7) is 5.61. The zero-order valence-electron chi connectivity index (χ0n) is 14.7. The number of esters is 1. The van der Waals surface area contributed by atoms with E-state index in [1.807, 2.05) is 20.8 Å². The fraction of sp³-hybridized carbons (Fsp3) is 0.882. The minimum absolute atomic E-state index is 0.0719. The van der Waals surface area contributed by atoms with Crippen LogP contribution in [0.5, 0.6) is 0 Å². The lowest BCUT2D eigenvalue weighted by molar-refractivity contribution is -0.149. The highest BCUT2D eigenvalue weighted by Gasteiger charge is 2.36. The molecule has 1 amide bonds. The average molecular weight is 326 g/mol. The molecule has 0 saturated heterocycles. The lowest BCUT2D eigenvalue weighted by atomic mass is 9.79. The second-order valence-corrected chi connectivity index (χ2v) is 7.75. The first-order valence-electron chi connectivity index (χ1n) is 8.60. The van der Waals surface area contributed by atoms with Crippen LogP contribution in [0.15, 0.2) is 0 Å². The zero-order valence-corrected chi connectivity index (χ0v) is 14.7. The van der Waals surface area contributed by atoms with E-state index in [-0.39, 0.29) is 24.0 Å². The SMILES string of the molecule is COC(=O)C1CC(NC2CCC(NC(=O)OC(C)(C)C)CC2)C1. The Balaban J connectivity index is 1.61. The molecule has 6 nitrogen and oxygen atoms in total. The smallest absolute Gasteiger partial charge is 0.407 e. The summed E-state index contributed by atoms with van der Waals surface area (Å²) in [7, 11) is 1.45. The predicted octanol–water partition coefficient (Wildman–Crippen LogP) is 2.36. The molecule has 23 heavy (non-hydrogen) atoms. The van der Waals surface area contributed by atoms with Gasteiger partial charge in [-0.05, 0) is 59.3 Å². The molecule has 0 aromatic rings. The third-order valence-corrected chi connectivity index (χ3v) is 4.59. The number of hydrogen-bond acceptors (Lipinski definition) is 5. The van der Waals surface area contributed by atoms with Crippen molar-refractivity contribution in [2.75, 3.05) is 7.11 Å². The quantitative estimate of drug-likeness (QED) is 0.776. The molecular formula is C17H30N2O4. The first kappa shape index (κ1) is 18.0. The van der Waals surface area contributed by atoms with Crippen molar-refractivity contribution in [2.24, 2.45) is 5.92 Å². The van der Waals surface area contributed by atoms with E-state index in [1.165, 1.54) is 7.11 Å². The van der Waals surface area contributed by atoms with E-state index < -0.39 is 5.60 Å². The van der Waals surface area contributed by atoms with Crippen molar-refractivity contribution >= 4 is 12.1 Å². The molecule has 0 atom stereocenters. The Hall–Kier alpha value is -1.30. The van der Waals surface area contributed by atoms with Gasteiger partial charge in [-0.15, -0.1) is 0 Å². The second-order valence-electron chi connectivity index (χ2n) is 7.75. The van der Waals surface area contributed by atoms with Gasteiger partial charge in [0.15, 0.2) is 0 Å². The average Bonchev–Trinajstić information content (AvgIpc) is 2.41. The minimum atomic E-state index is -0.455. The highest BCUT2D eigenvalue weighted by molar-refractivity contribution is 5.73. The largest absolute Gasteiger partial charge is 0.469 e. The van der Waals surface area contributed by atoms with Crippen LogP contribution in [-0.2, 0) is 14.3 Å². The van der Waals surface area contributed by atoms with E-state index in [9.17, 15) is 9.59 Å². The fourth-order valence-electron chi connectivity index (χ4n) is 3.33. The van der Waals surface area contributed by atoms with Crippen LogP contribution >= 0.6 is 0 Å². The van der Waals surface area contributed by atoms with E-state index in [4.69, 9.17) is 9.47 Å². The van der Waals surface area contributed by atoms with Crippen molar-refractivity contribution < 1.29 is 19.1 Å². The minimum Gasteiger partial charge on any atom is -0.469 e. The molecule has 6 heteroatoms. The molecule has 0 heterocycles. The first-order valence-corrected chi connectivity index (χ1v) is 8.60. The molecule has 2 N–H and O–H groups in total. The Morgan fingerprint density at radius 3 is 2.04 bits per heavy atom. The van der Waals surface area contributed by atoms with E-state index in [1.54, 1.807) is 0 Å². The molecule has 0 aromatic carbocycles. The van der Waals surface area contributed by atoms with Crippen LogP contribution in [0.4, 0.5) is 4.79 Å². The molecule has 0 aliphatic heterocycles. The summed E-state index contributed by atoms with van der Waals surface area (Å²) < 4.78 is 10.1. The lowest BCUT2D eigenvalue weighted by Crippen LogP contribution is -2.51. The van der Waals surface area contributed by atoms with Crippen LogP contribution in [0.3, 0.4) is 0 Å². The summed E-state index contributed by atoms with van der Waals surface area (Å²) in [6.07, 6.45) is 5.44. The summed E-state index contributed by atoms with van der Waals surface area (Å²) in [4.78, 5) is 23.2. The number of methoxy groups -OCH3 is 1. The van der Waals surface area contributed by atoms with Crippen LogP contribution < -0.4 is 10.6 Å². The standard InChI is InChI=1S/C17H30N2O4/c1-17(2,3)23-16(21)19-13-7-5-12(6-8-13)18-14-9-11(10-14)15(20)22-4/h11-14,18H,5-10H2,1-4H3,(H,19,21).